The van der Waals surface area contributed by atoms with Crippen LogP contribution in [0.2, 0.25) is 0 Å². The van der Waals surface area contributed by atoms with E-state index in [1.165, 1.54) is 18.4 Å². The lowest BCUT2D eigenvalue weighted by atomic mass is 9.99. The predicted octanol–water partition coefficient (Wildman–Crippen LogP) is 3.29. The molecule has 132 valence electrons. The van der Waals surface area contributed by atoms with Gasteiger partial charge in [-0.2, -0.15) is 0 Å². The van der Waals surface area contributed by atoms with Crippen molar-refractivity contribution in [3.8, 4) is 11.5 Å². The molecule has 1 saturated carbocycles. The van der Waals surface area contributed by atoms with Gasteiger partial charge < -0.3 is 14.8 Å². The van der Waals surface area contributed by atoms with Crippen LogP contribution in [0, 0.1) is 5.92 Å². The maximum absolute atomic E-state index is 5.75. The van der Waals surface area contributed by atoms with Crippen molar-refractivity contribution in [3.05, 3.63) is 23.8 Å². The Hall–Kier alpha value is -0.680. The lowest BCUT2D eigenvalue weighted by molar-refractivity contribution is 0.155. The summed E-state index contributed by atoms with van der Waals surface area (Å²) < 4.78 is 11.2. The third-order valence-electron chi connectivity index (χ3n) is 4.44. The van der Waals surface area contributed by atoms with Crippen LogP contribution < -0.4 is 14.8 Å². The molecule has 2 fully saturated rings. The summed E-state index contributed by atoms with van der Waals surface area (Å²) in [5.41, 5.74) is 1.38. The van der Waals surface area contributed by atoms with Crippen LogP contribution in [0.25, 0.3) is 0 Å². The van der Waals surface area contributed by atoms with E-state index in [1.807, 2.05) is 6.92 Å². The zero-order chi connectivity index (χ0) is 14.7. The third-order valence-corrected chi connectivity index (χ3v) is 4.44. The van der Waals surface area contributed by atoms with E-state index in [-0.39, 0.29) is 24.8 Å². The van der Waals surface area contributed by atoms with Gasteiger partial charge in [-0.1, -0.05) is 6.07 Å². The van der Waals surface area contributed by atoms with Crippen LogP contribution in [0.1, 0.15) is 31.4 Å². The highest BCUT2D eigenvalue weighted by Crippen LogP contribution is 2.46. The molecule has 0 radical (unpaired) electrons. The molecule has 1 heterocycles. The zero-order valence-corrected chi connectivity index (χ0v) is 15.5. The highest BCUT2D eigenvalue weighted by Gasteiger charge is 2.37. The van der Waals surface area contributed by atoms with Crippen LogP contribution in [-0.2, 0) is 0 Å². The van der Waals surface area contributed by atoms with Crippen molar-refractivity contribution in [3.63, 3.8) is 0 Å². The Morgan fingerprint density at radius 3 is 2.43 bits per heavy atom. The molecule has 1 N–H and O–H groups in total. The number of halogens is 2. The summed E-state index contributed by atoms with van der Waals surface area (Å²) in [6.07, 6.45) is 2.70. The van der Waals surface area contributed by atoms with Crippen molar-refractivity contribution in [1.82, 2.24) is 10.2 Å². The number of piperazine rings is 1. The van der Waals surface area contributed by atoms with Crippen LogP contribution >= 0.6 is 24.8 Å². The summed E-state index contributed by atoms with van der Waals surface area (Å²) in [6.45, 7) is 7.14. The average Bonchev–Trinajstić information content (AvgIpc) is 3.34. The lowest BCUT2D eigenvalue weighted by Gasteiger charge is -2.35. The van der Waals surface area contributed by atoms with E-state index >= 15 is 0 Å². The molecule has 0 amide bonds. The monoisotopic (exact) mass is 362 g/mol. The van der Waals surface area contributed by atoms with E-state index < -0.39 is 0 Å². The molecule has 2 aliphatic rings. The van der Waals surface area contributed by atoms with Crippen LogP contribution in [0.4, 0.5) is 0 Å². The van der Waals surface area contributed by atoms with Gasteiger partial charge in [0.25, 0.3) is 0 Å². The van der Waals surface area contributed by atoms with Gasteiger partial charge in [-0.25, -0.2) is 0 Å². The van der Waals surface area contributed by atoms with E-state index in [0.29, 0.717) is 12.6 Å². The van der Waals surface area contributed by atoms with Crippen LogP contribution in [0.3, 0.4) is 0 Å². The summed E-state index contributed by atoms with van der Waals surface area (Å²) in [6, 6.07) is 7.00. The number of hydrogen-bond donors (Lipinski definition) is 1. The Morgan fingerprint density at radius 2 is 1.87 bits per heavy atom. The highest BCUT2D eigenvalue weighted by molar-refractivity contribution is 5.85. The number of hydrogen-bond acceptors (Lipinski definition) is 4. The van der Waals surface area contributed by atoms with E-state index in [0.717, 1.165) is 43.6 Å². The van der Waals surface area contributed by atoms with Gasteiger partial charge in [-0.3, -0.25) is 4.90 Å². The molecule has 0 aromatic heterocycles. The normalized spacial score (nSPS) is 19.2. The summed E-state index contributed by atoms with van der Waals surface area (Å²) in [7, 11) is 1.70. The molecule has 6 heteroatoms. The second-order valence-electron chi connectivity index (χ2n) is 5.91. The number of rotatable bonds is 6. The first-order chi connectivity index (χ1) is 10.3. The maximum Gasteiger partial charge on any atom is 0.161 e. The Bertz CT molecular complexity index is 478. The largest absolute Gasteiger partial charge is 0.493 e. The number of nitrogens with zero attached hydrogens (tertiary/aromatic N) is 1. The second-order valence-corrected chi connectivity index (χ2v) is 5.91. The molecule has 1 aliphatic carbocycles. The van der Waals surface area contributed by atoms with Gasteiger partial charge in [-0.15, -0.1) is 24.8 Å². The predicted molar refractivity (Wildman–Crippen MR) is 98.6 cm³/mol. The van der Waals surface area contributed by atoms with E-state index in [9.17, 15) is 0 Å². The number of benzene rings is 1. The van der Waals surface area contributed by atoms with Crippen molar-refractivity contribution in [2.45, 2.75) is 25.8 Å². The molecule has 1 saturated heterocycles. The molecule has 4 nitrogen and oxygen atoms in total. The van der Waals surface area contributed by atoms with E-state index in [1.54, 1.807) is 7.11 Å². The Labute approximate surface area is 151 Å². The first-order valence-corrected chi connectivity index (χ1v) is 8.09. The van der Waals surface area contributed by atoms with E-state index in [2.05, 4.69) is 28.4 Å². The molecule has 0 spiro atoms. The average molecular weight is 363 g/mol. The Balaban J connectivity index is 0.00000132. The fourth-order valence-corrected chi connectivity index (χ4v) is 3.30. The summed E-state index contributed by atoms with van der Waals surface area (Å²) in [4.78, 5) is 2.63. The zero-order valence-electron chi connectivity index (χ0n) is 13.9. The maximum atomic E-state index is 5.75. The summed E-state index contributed by atoms with van der Waals surface area (Å²) in [5.74, 6) is 2.51. The van der Waals surface area contributed by atoms with E-state index in [4.69, 9.17) is 9.47 Å². The first kappa shape index (κ1) is 20.4. The van der Waals surface area contributed by atoms with Crippen molar-refractivity contribution < 1.29 is 9.47 Å². The molecular weight excluding hydrogens is 335 g/mol. The van der Waals surface area contributed by atoms with Crippen molar-refractivity contribution in [1.29, 1.82) is 0 Å². The molecule has 23 heavy (non-hydrogen) atoms. The van der Waals surface area contributed by atoms with Crippen LogP contribution in [-0.4, -0.2) is 44.8 Å². The van der Waals surface area contributed by atoms with Crippen molar-refractivity contribution in [2.24, 2.45) is 5.92 Å². The van der Waals surface area contributed by atoms with Crippen molar-refractivity contribution in [2.75, 3.05) is 39.9 Å². The van der Waals surface area contributed by atoms with Gasteiger partial charge in [0.2, 0.25) is 0 Å². The van der Waals surface area contributed by atoms with Gasteiger partial charge in [-0.05, 0) is 43.4 Å². The van der Waals surface area contributed by atoms with Crippen molar-refractivity contribution >= 4 is 24.8 Å². The SMILES string of the molecule is CCOc1cc([C@@H](C2CC2)N2CCNCC2)ccc1OC.Cl.Cl. The minimum Gasteiger partial charge on any atom is -0.493 e. The Morgan fingerprint density at radius 1 is 1.17 bits per heavy atom. The standard InChI is InChI=1S/C17H26N2O2.2ClH/c1-3-21-16-12-14(6-7-15(16)20-2)17(13-4-5-13)19-10-8-18-9-11-19;;/h6-7,12-13,17-18H,3-5,8-11H2,1-2H3;2*1H/t17-;;/m1../s1. The second kappa shape index (κ2) is 9.58. The Kier molecular flexibility index (Phi) is 8.48. The van der Waals surface area contributed by atoms with Crippen LogP contribution in [0.15, 0.2) is 18.2 Å². The van der Waals surface area contributed by atoms with Gasteiger partial charge in [0.1, 0.15) is 0 Å². The minimum absolute atomic E-state index is 0. The molecule has 0 unspecified atom stereocenters. The first-order valence-electron chi connectivity index (χ1n) is 8.09. The molecule has 1 aromatic rings. The molecule has 0 bridgehead atoms. The molecule has 3 rings (SSSR count). The summed E-state index contributed by atoms with van der Waals surface area (Å²) >= 11 is 0. The third kappa shape index (κ3) is 4.90. The topological polar surface area (TPSA) is 33.7 Å². The molecule has 1 aliphatic heterocycles. The fraction of sp³-hybridized carbons (Fsp3) is 0.647. The smallest absolute Gasteiger partial charge is 0.161 e. The van der Waals surface area contributed by atoms with Gasteiger partial charge in [0.05, 0.1) is 13.7 Å². The van der Waals surface area contributed by atoms with Gasteiger partial charge >= 0.3 is 0 Å². The lowest BCUT2D eigenvalue weighted by Crippen LogP contribution is -2.45. The highest BCUT2D eigenvalue weighted by atomic mass is 35.5. The van der Waals surface area contributed by atoms with Gasteiger partial charge in [0.15, 0.2) is 11.5 Å². The molecular formula is C17H28Cl2N2O2. The number of ether oxygens (including phenoxy) is 2. The van der Waals surface area contributed by atoms with Gasteiger partial charge in [0, 0.05) is 32.2 Å². The van der Waals surface area contributed by atoms with Crippen LogP contribution in [0.5, 0.6) is 11.5 Å². The number of methoxy groups -OCH3 is 1. The minimum atomic E-state index is 0. The molecule has 1 atom stereocenters. The molecule has 1 aromatic carbocycles. The number of nitrogens with one attached hydrogen (secondary N) is 1. The quantitative estimate of drug-likeness (QED) is 0.841. The fourth-order valence-electron chi connectivity index (χ4n) is 3.30. The summed E-state index contributed by atoms with van der Waals surface area (Å²) in [5, 5.41) is 3.44.